The molecule has 24 heavy (non-hydrogen) atoms. The zero-order valence-electron chi connectivity index (χ0n) is 14.1. The molecule has 1 aromatic carbocycles. The van der Waals surface area contributed by atoms with Gasteiger partial charge in [-0.25, -0.2) is 4.98 Å². The molecule has 0 saturated carbocycles. The van der Waals surface area contributed by atoms with E-state index >= 15 is 0 Å². The van der Waals surface area contributed by atoms with Crippen molar-refractivity contribution in [1.29, 1.82) is 0 Å². The fourth-order valence-electron chi connectivity index (χ4n) is 1.96. The molecule has 0 spiro atoms. The first-order valence-electron chi connectivity index (χ1n) is 7.87. The number of aliphatic imine (C=N–C) groups is 1. The summed E-state index contributed by atoms with van der Waals surface area (Å²) in [4.78, 5) is 9.91. The molecule has 0 unspecified atom stereocenters. The van der Waals surface area contributed by atoms with Crippen molar-refractivity contribution < 1.29 is 4.74 Å². The van der Waals surface area contributed by atoms with E-state index < -0.39 is 0 Å². The van der Waals surface area contributed by atoms with Crippen LogP contribution in [0.2, 0.25) is 0 Å². The molecule has 0 saturated heterocycles. The van der Waals surface area contributed by atoms with Gasteiger partial charge in [0.05, 0.1) is 13.2 Å². The number of halogens is 1. The summed E-state index contributed by atoms with van der Waals surface area (Å²) in [5, 5.41) is 7.64. The van der Waals surface area contributed by atoms with Crippen molar-refractivity contribution in [3.63, 3.8) is 0 Å². The summed E-state index contributed by atoms with van der Waals surface area (Å²) < 4.78 is 5.66. The van der Waals surface area contributed by atoms with Gasteiger partial charge < -0.3 is 15.4 Å². The largest absolute Gasteiger partial charge is 0.494 e. The maximum absolute atomic E-state index is 5.66. The Labute approximate surface area is 165 Å². The van der Waals surface area contributed by atoms with Crippen LogP contribution in [-0.2, 0) is 13.0 Å². The molecule has 0 bridgehead atoms. The van der Waals surface area contributed by atoms with Gasteiger partial charge in [-0.1, -0.05) is 25.1 Å². The van der Waals surface area contributed by atoms with Gasteiger partial charge in [-0.15, -0.1) is 35.3 Å². The van der Waals surface area contributed by atoms with Gasteiger partial charge in [0.2, 0.25) is 0 Å². The number of hydrogen-bond acceptors (Lipinski definition) is 4. The van der Waals surface area contributed by atoms with Crippen molar-refractivity contribution in [3.8, 4) is 5.75 Å². The van der Waals surface area contributed by atoms with Gasteiger partial charge >= 0.3 is 0 Å². The lowest BCUT2D eigenvalue weighted by Gasteiger charge is -2.11. The van der Waals surface area contributed by atoms with Crippen molar-refractivity contribution in [2.75, 3.05) is 20.2 Å². The number of thiazole rings is 1. The van der Waals surface area contributed by atoms with Gasteiger partial charge in [-0.05, 0) is 25.0 Å². The number of aryl methyl sites for hydroxylation is 1. The highest BCUT2D eigenvalue weighted by molar-refractivity contribution is 14.0. The van der Waals surface area contributed by atoms with E-state index in [-0.39, 0.29) is 24.0 Å². The predicted molar refractivity (Wildman–Crippen MR) is 112 cm³/mol. The Morgan fingerprint density at radius 3 is 2.71 bits per heavy atom. The summed E-state index contributed by atoms with van der Waals surface area (Å²) in [5.74, 6) is 1.70. The molecule has 132 valence electrons. The van der Waals surface area contributed by atoms with E-state index in [1.807, 2.05) is 36.5 Å². The van der Waals surface area contributed by atoms with E-state index in [0.29, 0.717) is 13.2 Å². The number of para-hydroxylation sites is 1. The summed E-state index contributed by atoms with van der Waals surface area (Å²) in [6.45, 7) is 4.33. The molecule has 0 fully saturated rings. The third-order valence-corrected chi connectivity index (χ3v) is 4.35. The number of hydrogen-bond donors (Lipinski definition) is 2. The minimum Gasteiger partial charge on any atom is -0.494 e. The van der Waals surface area contributed by atoms with E-state index in [9.17, 15) is 0 Å². The third-order valence-electron chi connectivity index (χ3n) is 3.21. The van der Waals surface area contributed by atoms with Crippen LogP contribution < -0.4 is 15.4 Å². The maximum Gasteiger partial charge on any atom is 0.191 e. The van der Waals surface area contributed by atoms with Crippen LogP contribution >= 0.6 is 35.3 Å². The van der Waals surface area contributed by atoms with Crippen LogP contribution in [0.3, 0.4) is 0 Å². The summed E-state index contributed by atoms with van der Waals surface area (Å²) in [6, 6.07) is 9.86. The first kappa shape index (κ1) is 20.7. The monoisotopic (exact) mass is 460 g/mol. The van der Waals surface area contributed by atoms with Crippen LogP contribution in [0, 0.1) is 0 Å². The molecule has 0 radical (unpaired) electrons. The van der Waals surface area contributed by atoms with Crippen molar-refractivity contribution in [1.82, 2.24) is 15.6 Å². The van der Waals surface area contributed by atoms with Crippen LogP contribution in [0.4, 0.5) is 0 Å². The average molecular weight is 460 g/mol. The normalized spacial score (nSPS) is 10.8. The molecule has 0 aliphatic rings. The summed E-state index contributed by atoms with van der Waals surface area (Å²) >= 11 is 1.74. The standard InChI is InChI=1S/C17H24N4OS.HI/c1-3-15-12-20-16(23-15)13-21-17(18-2)19-10-7-11-22-14-8-5-4-6-9-14;/h4-6,8-9,12H,3,7,10-11,13H2,1-2H3,(H2,18,19,21);1H. The first-order valence-corrected chi connectivity index (χ1v) is 8.69. The van der Waals surface area contributed by atoms with Crippen LogP contribution in [0.1, 0.15) is 23.2 Å². The Hall–Kier alpha value is -1.35. The Morgan fingerprint density at radius 2 is 2.04 bits per heavy atom. The van der Waals surface area contributed by atoms with E-state index in [0.717, 1.165) is 36.1 Å². The second-order valence-corrected chi connectivity index (χ2v) is 6.14. The van der Waals surface area contributed by atoms with E-state index in [4.69, 9.17) is 4.74 Å². The van der Waals surface area contributed by atoms with Crippen molar-refractivity contribution in [2.45, 2.75) is 26.3 Å². The minimum absolute atomic E-state index is 0. The highest BCUT2D eigenvalue weighted by Gasteiger charge is 2.02. The summed E-state index contributed by atoms with van der Waals surface area (Å²) in [6.07, 6.45) is 3.89. The SMILES string of the molecule is CCc1cnc(CNC(=NC)NCCCOc2ccccc2)s1.I. The van der Waals surface area contributed by atoms with Crippen LogP contribution in [0.25, 0.3) is 0 Å². The van der Waals surface area contributed by atoms with Crippen LogP contribution in [-0.4, -0.2) is 31.1 Å². The molecule has 0 amide bonds. The smallest absolute Gasteiger partial charge is 0.191 e. The van der Waals surface area contributed by atoms with E-state index in [1.165, 1.54) is 4.88 Å². The lowest BCUT2D eigenvalue weighted by molar-refractivity contribution is 0.311. The summed E-state index contributed by atoms with van der Waals surface area (Å²) in [5.41, 5.74) is 0. The Morgan fingerprint density at radius 1 is 1.25 bits per heavy atom. The molecular weight excluding hydrogens is 435 g/mol. The number of nitrogens with zero attached hydrogens (tertiary/aromatic N) is 2. The molecule has 0 atom stereocenters. The number of benzene rings is 1. The van der Waals surface area contributed by atoms with Gasteiger partial charge in [0.25, 0.3) is 0 Å². The molecule has 1 heterocycles. The number of aromatic nitrogens is 1. The quantitative estimate of drug-likeness (QED) is 0.274. The fraction of sp³-hybridized carbons (Fsp3) is 0.412. The Bertz CT molecular complexity index is 604. The molecule has 2 N–H and O–H groups in total. The lowest BCUT2D eigenvalue weighted by atomic mass is 10.3. The summed E-state index contributed by atoms with van der Waals surface area (Å²) in [7, 11) is 1.77. The van der Waals surface area contributed by atoms with Gasteiger partial charge in [0, 0.05) is 24.7 Å². The Kier molecular flexibility index (Phi) is 10.4. The lowest BCUT2D eigenvalue weighted by Crippen LogP contribution is -2.37. The van der Waals surface area contributed by atoms with Gasteiger partial charge in [0.15, 0.2) is 5.96 Å². The number of ether oxygens (including phenoxy) is 1. The van der Waals surface area contributed by atoms with Crippen LogP contribution in [0.15, 0.2) is 41.5 Å². The fourth-order valence-corrected chi connectivity index (χ4v) is 2.76. The number of nitrogens with one attached hydrogen (secondary N) is 2. The first-order chi connectivity index (χ1) is 11.3. The topological polar surface area (TPSA) is 58.5 Å². The third kappa shape index (κ3) is 7.48. The predicted octanol–water partition coefficient (Wildman–Crippen LogP) is 3.46. The van der Waals surface area contributed by atoms with Crippen molar-refractivity contribution in [2.24, 2.45) is 4.99 Å². The molecule has 0 aliphatic heterocycles. The molecule has 7 heteroatoms. The van der Waals surface area contributed by atoms with Gasteiger partial charge in [0.1, 0.15) is 10.8 Å². The molecule has 1 aromatic heterocycles. The zero-order chi connectivity index (χ0) is 16.3. The van der Waals surface area contributed by atoms with Crippen molar-refractivity contribution >= 4 is 41.3 Å². The number of rotatable bonds is 8. The van der Waals surface area contributed by atoms with Gasteiger partial charge in [-0.2, -0.15) is 0 Å². The average Bonchev–Trinajstić information content (AvgIpc) is 3.06. The molecule has 0 aliphatic carbocycles. The molecule has 2 rings (SSSR count). The highest BCUT2D eigenvalue weighted by Crippen LogP contribution is 2.12. The minimum atomic E-state index is 0. The highest BCUT2D eigenvalue weighted by atomic mass is 127. The Balaban J connectivity index is 0.00000288. The number of guanidine groups is 1. The maximum atomic E-state index is 5.66. The van der Waals surface area contributed by atoms with Crippen molar-refractivity contribution in [3.05, 3.63) is 46.4 Å². The second kappa shape index (κ2) is 12.1. The molecule has 5 nitrogen and oxygen atoms in total. The van der Waals surface area contributed by atoms with E-state index in [1.54, 1.807) is 18.4 Å². The second-order valence-electron chi connectivity index (χ2n) is 4.94. The van der Waals surface area contributed by atoms with Gasteiger partial charge in [-0.3, -0.25) is 4.99 Å². The molecule has 2 aromatic rings. The zero-order valence-corrected chi connectivity index (χ0v) is 17.3. The van der Waals surface area contributed by atoms with Crippen LogP contribution in [0.5, 0.6) is 5.75 Å². The molecular formula is C17H25IN4OS. The van der Waals surface area contributed by atoms with E-state index in [2.05, 4.69) is 27.5 Å².